The minimum Gasteiger partial charge on any atom is -0.319 e. The largest absolute Gasteiger partial charge is 0.319 e. The number of hydrogen-bond acceptors (Lipinski definition) is 5. The van der Waals surface area contributed by atoms with Crippen molar-refractivity contribution in [1.82, 2.24) is 24.6 Å². The number of halogens is 1. The molecule has 0 saturated carbocycles. The lowest BCUT2D eigenvalue weighted by Gasteiger charge is -2.25. The third-order valence-electron chi connectivity index (χ3n) is 5.76. The van der Waals surface area contributed by atoms with Crippen LogP contribution in [0.5, 0.6) is 0 Å². The molecule has 1 saturated heterocycles. The zero-order valence-electron chi connectivity index (χ0n) is 15.8. The molecule has 4 heterocycles. The molecule has 0 radical (unpaired) electrons. The number of rotatable bonds is 4. The standard InChI is InChI=1S/C21H21FN6O/c22-17-4-1-5-18(8-17)24-21(29)20-26-25-19-7-15-11-27(12-16(15)13-28(19)20)10-14-3-2-6-23-9-14/h1-6,8-9,15-16H,7,10-13H2,(H,24,29)/t15-,16-/m1/s1. The molecule has 5 rings (SSSR count). The SMILES string of the molecule is O=C(Nc1cccc(F)c1)c1nnc2n1C[C@H]1CN(Cc3cccnc3)C[C@H]1C2. The number of nitrogens with one attached hydrogen (secondary N) is 1. The zero-order chi connectivity index (χ0) is 19.8. The highest BCUT2D eigenvalue weighted by Gasteiger charge is 2.39. The van der Waals surface area contributed by atoms with Crippen LogP contribution in [0.1, 0.15) is 22.0 Å². The number of hydrogen-bond donors (Lipinski definition) is 1. The lowest BCUT2D eigenvalue weighted by molar-refractivity contribution is 0.100. The molecule has 2 atom stereocenters. The fourth-order valence-electron chi connectivity index (χ4n) is 4.42. The third kappa shape index (κ3) is 3.63. The van der Waals surface area contributed by atoms with E-state index in [-0.39, 0.29) is 11.7 Å². The summed E-state index contributed by atoms with van der Waals surface area (Å²) in [5.41, 5.74) is 1.62. The van der Waals surface area contributed by atoms with Crippen molar-refractivity contribution in [2.45, 2.75) is 19.5 Å². The summed E-state index contributed by atoms with van der Waals surface area (Å²) in [7, 11) is 0. The summed E-state index contributed by atoms with van der Waals surface area (Å²) in [6, 6.07) is 9.89. The number of nitrogens with zero attached hydrogens (tertiary/aromatic N) is 5. The van der Waals surface area contributed by atoms with Crippen molar-refractivity contribution in [2.24, 2.45) is 11.8 Å². The first-order valence-corrected chi connectivity index (χ1v) is 9.76. The van der Waals surface area contributed by atoms with Crippen molar-refractivity contribution in [3.63, 3.8) is 0 Å². The second-order valence-corrected chi connectivity index (χ2v) is 7.79. The number of amides is 1. The molecule has 8 heteroatoms. The van der Waals surface area contributed by atoms with Gasteiger partial charge in [0.25, 0.3) is 5.91 Å². The Kier molecular flexibility index (Phi) is 4.55. The molecular weight excluding hydrogens is 371 g/mol. The van der Waals surface area contributed by atoms with Crippen molar-refractivity contribution in [1.29, 1.82) is 0 Å². The van der Waals surface area contributed by atoms with Gasteiger partial charge in [-0.1, -0.05) is 12.1 Å². The Hall–Kier alpha value is -3.13. The minimum absolute atomic E-state index is 0.286. The van der Waals surface area contributed by atoms with Gasteiger partial charge in [0.05, 0.1) is 0 Å². The zero-order valence-corrected chi connectivity index (χ0v) is 15.8. The minimum atomic E-state index is -0.395. The van der Waals surface area contributed by atoms with Gasteiger partial charge in [-0.05, 0) is 41.7 Å². The van der Waals surface area contributed by atoms with Gasteiger partial charge in [-0.2, -0.15) is 0 Å². The summed E-state index contributed by atoms with van der Waals surface area (Å²) in [5, 5.41) is 11.1. The molecule has 2 aliphatic rings. The van der Waals surface area contributed by atoms with Crippen LogP contribution in [0.3, 0.4) is 0 Å². The van der Waals surface area contributed by atoms with Crippen LogP contribution >= 0.6 is 0 Å². The molecule has 0 aliphatic carbocycles. The van der Waals surface area contributed by atoms with E-state index in [0.29, 0.717) is 17.5 Å². The van der Waals surface area contributed by atoms with E-state index < -0.39 is 5.82 Å². The van der Waals surface area contributed by atoms with E-state index in [1.165, 1.54) is 17.7 Å². The smallest absolute Gasteiger partial charge is 0.293 e. The van der Waals surface area contributed by atoms with Crippen molar-refractivity contribution in [3.8, 4) is 0 Å². The lowest BCUT2D eigenvalue weighted by atomic mass is 9.89. The van der Waals surface area contributed by atoms with E-state index in [4.69, 9.17) is 0 Å². The van der Waals surface area contributed by atoms with Crippen LogP contribution in [-0.2, 0) is 19.5 Å². The topological polar surface area (TPSA) is 75.9 Å². The molecule has 0 spiro atoms. The highest BCUT2D eigenvalue weighted by atomic mass is 19.1. The molecule has 29 heavy (non-hydrogen) atoms. The fourth-order valence-corrected chi connectivity index (χ4v) is 4.42. The van der Waals surface area contributed by atoms with Gasteiger partial charge in [0.1, 0.15) is 11.6 Å². The van der Waals surface area contributed by atoms with E-state index in [2.05, 4.69) is 31.5 Å². The molecule has 0 unspecified atom stereocenters. The van der Waals surface area contributed by atoms with E-state index in [1.807, 2.05) is 16.8 Å². The van der Waals surface area contributed by atoms with Gasteiger partial charge >= 0.3 is 0 Å². The van der Waals surface area contributed by atoms with Crippen LogP contribution < -0.4 is 5.32 Å². The number of pyridine rings is 1. The normalized spacial score (nSPS) is 20.9. The summed E-state index contributed by atoms with van der Waals surface area (Å²) >= 11 is 0. The first kappa shape index (κ1) is 17.9. The first-order valence-electron chi connectivity index (χ1n) is 9.76. The van der Waals surface area contributed by atoms with Crippen molar-refractivity contribution < 1.29 is 9.18 Å². The van der Waals surface area contributed by atoms with Crippen molar-refractivity contribution in [2.75, 3.05) is 18.4 Å². The number of likely N-dealkylation sites (tertiary alicyclic amines) is 1. The quantitative estimate of drug-likeness (QED) is 0.738. The van der Waals surface area contributed by atoms with Gasteiger partial charge in [0.15, 0.2) is 0 Å². The van der Waals surface area contributed by atoms with Gasteiger partial charge in [0.2, 0.25) is 5.82 Å². The average molecular weight is 392 g/mol. The second kappa shape index (κ2) is 7.36. The molecule has 1 fully saturated rings. The van der Waals surface area contributed by atoms with Gasteiger partial charge in [-0.25, -0.2) is 4.39 Å². The van der Waals surface area contributed by atoms with Gasteiger partial charge in [-0.3, -0.25) is 14.7 Å². The van der Waals surface area contributed by atoms with Crippen LogP contribution in [-0.4, -0.2) is 43.6 Å². The molecule has 2 aromatic heterocycles. The second-order valence-electron chi connectivity index (χ2n) is 7.79. The van der Waals surface area contributed by atoms with E-state index in [0.717, 1.165) is 38.4 Å². The monoisotopic (exact) mass is 392 g/mol. The molecule has 0 bridgehead atoms. The van der Waals surface area contributed by atoms with Crippen molar-refractivity contribution in [3.05, 3.63) is 71.8 Å². The highest BCUT2D eigenvalue weighted by molar-refractivity contribution is 6.01. The van der Waals surface area contributed by atoms with Gasteiger partial charge in [0, 0.05) is 50.7 Å². The van der Waals surface area contributed by atoms with Crippen LogP contribution in [0.2, 0.25) is 0 Å². The van der Waals surface area contributed by atoms with Crippen LogP contribution in [0.25, 0.3) is 0 Å². The highest BCUT2D eigenvalue weighted by Crippen LogP contribution is 2.33. The molecule has 1 amide bonds. The Morgan fingerprint density at radius 2 is 2.03 bits per heavy atom. The molecule has 2 aliphatic heterocycles. The van der Waals surface area contributed by atoms with Crippen LogP contribution in [0.4, 0.5) is 10.1 Å². The summed E-state index contributed by atoms with van der Waals surface area (Å²) in [5.74, 6) is 1.34. The molecule has 7 nitrogen and oxygen atoms in total. The molecule has 1 N–H and O–H groups in total. The fraction of sp³-hybridized carbons (Fsp3) is 0.333. The molecule has 1 aromatic carbocycles. The van der Waals surface area contributed by atoms with E-state index >= 15 is 0 Å². The third-order valence-corrected chi connectivity index (χ3v) is 5.76. The maximum Gasteiger partial charge on any atom is 0.293 e. The Morgan fingerprint density at radius 3 is 2.86 bits per heavy atom. The Bertz CT molecular complexity index is 1040. The predicted molar refractivity (Wildman–Crippen MR) is 105 cm³/mol. The number of anilines is 1. The maximum absolute atomic E-state index is 13.4. The first-order chi connectivity index (χ1) is 14.2. The summed E-state index contributed by atoms with van der Waals surface area (Å²) in [4.78, 5) is 19.3. The Morgan fingerprint density at radius 1 is 1.14 bits per heavy atom. The van der Waals surface area contributed by atoms with Gasteiger partial charge < -0.3 is 9.88 Å². The number of carbonyl (C=O) groups excluding carboxylic acids is 1. The predicted octanol–water partition coefficient (Wildman–Crippen LogP) is 2.37. The van der Waals surface area contributed by atoms with Crippen LogP contribution in [0.15, 0.2) is 48.8 Å². The molecule has 3 aromatic rings. The Balaban J connectivity index is 1.29. The average Bonchev–Trinajstić information content (AvgIpc) is 3.29. The summed E-state index contributed by atoms with van der Waals surface area (Å²) in [6.45, 7) is 3.59. The summed E-state index contributed by atoms with van der Waals surface area (Å²) < 4.78 is 15.3. The molecular formula is C21H21FN6O. The number of fused-ring (bicyclic) bond motifs is 2. The number of carbonyl (C=O) groups is 1. The van der Waals surface area contributed by atoms with Gasteiger partial charge in [-0.15, -0.1) is 10.2 Å². The number of aromatic nitrogens is 4. The lowest BCUT2D eigenvalue weighted by Crippen LogP contribution is -2.31. The number of benzene rings is 1. The van der Waals surface area contributed by atoms with Crippen LogP contribution in [0, 0.1) is 17.7 Å². The molecule has 148 valence electrons. The summed E-state index contributed by atoms with van der Waals surface area (Å²) in [6.07, 6.45) is 4.51. The van der Waals surface area contributed by atoms with E-state index in [9.17, 15) is 9.18 Å². The van der Waals surface area contributed by atoms with Crippen molar-refractivity contribution >= 4 is 11.6 Å². The van der Waals surface area contributed by atoms with E-state index in [1.54, 1.807) is 18.3 Å². The Labute approximate surface area is 167 Å². The maximum atomic E-state index is 13.4.